The number of ether oxygens (including phenoxy) is 1. The summed E-state index contributed by atoms with van der Waals surface area (Å²) >= 11 is 0. The maximum atomic E-state index is 6.70. The van der Waals surface area contributed by atoms with Gasteiger partial charge in [0.25, 0.3) is 0 Å². The minimum atomic E-state index is -0.0172. The second-order valence-corrected chi connectivity index (χ2v) is 17.1. The van der Waals surface area contributed by atoms with Gasteiger partial charge in [-0.25, -0.2) is 9.58 Å². The predicted molar refractivity (Wildman–Crippen MR) is 242 cm³/mol. The van der Waals surface area contributed by atoms with Crippen molar-refractivity contribution >= 4 is 44.6 Å². The summed E-state index contributed by atoms with van der Waals surface area (Å²) in [4.78, 5) is 4.86. The fourth-order valence-corrected chi connectivity index (χ4v) is 9.33. The zero-order valence-corrected chi connectivity index (χ0v) is 36.5. The van der Waals surface area contributed by atoms with Crippen molar-refractivity contribution in [1.29, 1.82) is 0 Å². The summed E-state index contributed by atoms with van der Waals surface area (Å²) in [5, 5.41) is 2.25. The standard InChI is InChI=1S/C54H43N4O.Pt/c1-36-26-37(2)28-39(27-36)41-29-40(38-14-7-6-8-15-38)30-44(31-41)58-35-57(58,51-20-11-12-21-52(51)58)43-16-13-17-45(33-43)59-46-22-23-48-47-18-9-10-19-49(47)56(50(48)34-46)53-32-42(24-25-55-53)54(3,4)5;/h6-32,35H,1-5H3;/q-1;/t57?,58-;/m0./s1. The first kappa shape index (κ1) is 38.1. The molecule has 1 fully saturated rings. The molecule has 2 aromatic heterocycles. The van der Waals surface area contributed by atoms with E-state index in [9.17, 15) is 0 Å². The van der Waals surface area contributed by atoms with E-state index in [-0.39, 0.29) is 26.5 Å². The number of quaternary nitrogens is 2. The fourth-order valence-electron chi connectivity index (χ4n) is 9.33. The number of hydrogen-bond donors (Lipinski definition) is 0. The van der Waals surface area contributed by atoms with E-state index < -0.39 is 0 Å². The molecule has 7 aromatic carbocycles. The van der Waals surface area contributed by atoms with Crippen LogP contribution in [0.25, 0.3) is 49.9 Å². The van der Waals surface area contributed by atoms with E-state index in [1.165, 1.54) is 56.0 Å². The minimum Gasteiger partial charge on any atom is -0.509 e. The van der Waals surface area contributed by atoms with Crippen LogP contribution in [0.5, 0.6) is 11.5 Å². The summed E-state index contributed by atoms with van der Waals surface area (Å²) in [6, 6.07) is 63.9. The summed E-state index contributed by atoms with van der Waals surface area (Å²) in [6.45, 7) is 13.5. The van der Waals surface area contributed by atoms with Crippen molar-refractivity contribution in [3.8, 4) is 39.6 Å². The molecular formula is C54H43N4OPt-. The molecule has 0 bridgehead atoms. The van der Waals surface area contributed by atoms with Gasteiger partial charge in [0.05, 0.1) is 5.69 Å². The maximum Gasteiger partial charge on any atom is 0.225 e. The number of aryl methyl sites for hydroxylation is 2. The molecule has 0 aliphatic carbocycles. The molecule has 2 atom stereocenters. The zero-order chi connectivity index (χ0) is 40.1. The second kappa shape index (κ2) is 14.0. The summed E-state index contributed by atoms with van der Waals surface area (Å²) in [7, 11) is 0. The van der Waals surface area contributed by atoms with E-state index in [4.69, 9.17) is 9.72 Å². The van der Waals surface area contributed by atoms with Gasteiger partial charge in [-0.15, -0.1) is 29.7 Å². The number of para-hydroxylation sites is 3. The summed E-state index contributed by atoms with van der Waals surface area (Å²) in [5.74, 6) is 2.12. The zero-order valence-electron chi connectivity index (χ0n) is 34.2. The first-order valence-corrected chi connectivity index (χ1v) is 20.3. The fraction of sp³-hybridized carbons (Fsp3) is 0.111. The molecule has 0 N–H and O–H groups in total. The smallest absolute Gasteiger partial charge is 0.225 e. The molecule has 0 spiro atoms. The average Bonchev–Trinajstić information content (AvgIpc) is 3.74. The Morgan fingerprint density at radius 3 is 2.02 bits per heavy atom. The normalized spacial score (nSPS) is 17.7. The molecule has 1 unspecified atom stereocenters. The molecule has 6 heteroatoms. The summed E-state index contributed by atoms with van der Waals surface area (Å²) < 4.78 is 9.99. The van der Waals surface area contributed by atoms with Gasteiger partial charge in [-0.05, 0) is 76.7 Å². The molecule has 0 radical (unpaired) electrons. The van der Waals surface area contributed by atoms with E-state index >= 15 is 0 Å². The third-order valence-electron chi connectivity index (χ3n) is 12.1. The Morgan fingerprint density at radius 1 is 0.583 bits per heavy atom. The van der Waals surface area contributed by atoms with Crippen molar-refractivity contribution in [2.75, 3.05) is 0 Å². The number of rotatable bonds is 7. The number of aromatic nitrogens is 2. The Hall–Kier alpha value is -6.10. The van der Waals surface area contributed by atoms with Gasteiger partial charge in [-0.1, -0.05) is 122 Å². The van der Waals surface area contributed by atoms with Crippen LogP contribution in [-0.2, 0) is 26.5 Å². The van der Waals surface area contributed by atoms with Gasteiger partial charge in [-0.2, -0.15) is 16.7 Å². The van der Waals surface area contributed by atoms with Crippen LogP contribution < -0.4 is 13.9 Å². The molecule has 2 aliphatic rings. The SMILES string of the molecule is Cc1cc(C)cc(-c2cc(-c3ccccc3)cc([N@+]34[CH-][N+]3(c3[c-]c(Oc5[c-]c6c(cc5)c5ccccc5n6-c5cc(C(C)(C)C)ccn5)ccc3)c3ccccc34)c2)c1.[Pt]. The van der Waals surface area contributed by atoms with Crippen molar-refractivity contribution in [1.82, 2.24) is 18.7 Å². The Kier molecular flexibility index (Phi) is 8.89. The van der Waals surface area contributed by atoms with Gasteiger partial charge in [0.1, 0.15) is 5.82 Å². The molecule has 5 nitrogen and oxygen atoms in total. The number of benzene rings is 7. The molecule has 9 aromatic rings. The van der Waals surface area contributed by atoms with Crippen molar-refractivity contribution < 1.29 is 25.8 Å². The summed E-state index contributed by atoms with van der Waals surface area (Å²) in [5.41, 5.74) is 15.2. The third-order valence-corrected chi connectivity index (χ3v) is 12.1. The van der Waals surface area contributed by atoms with Gasteiger partial charge in [-0.3, -0.25) is 0 Å². The van der Waals surface area contributed by atoms with Crippen molar-refractivity contribution in [2.45, 2.75) is 40.0 Å². The van der Waals surface area contributed by atoms with Crippen LogP contribution in [0.2, 0.25) is 0 Å². The number of fused-ring (bicyclic) bond motifs is 7. The molecular weight excluding hydrogens is 916 g/mol. The number of hydrogen-bond acceptors (Lipinski definition) is 2. The van der Waals surface area contributed by atoms with Crippen molar-refractivity contribution in [2.24, 2.45) is 0 Å². The van der Waals surface area contributed by atoms with Crippen LogP contribution in [0.15, 0.2) is 164 Å². The number of pyridine rings is 1. The average molecular weight is 959 g/mol. The molecule has 11 rings (SSSR count). The summed E-state index contributed by atoms with van der Waals surface area (Å²) in [6.07, 6.45) is 1.91. The second-order valence-electron chi connectivity index (χ2n) is 17.1. The molecule has 0 saturated carbocycles. The van der Waals surface area contributed by atoms with Gasteiger partial charge in [0.2, 0.25) is 11.4 Å². The molecule has 60 heavy (non-hydrogen) atoms. The quantitative estimate of drug-likeness (QED) is 0.0904. The molecule has 0 amide bonds. The first-order valence-electron chi connectivity index (χ1n) is 20.3. The topological polar surface area (TPSA) is 27.1 Å². The van der Waals surface area contributed by atoms with E-state index in [0.717, 1.165) is 33.3 Å². The van der Waals surface area contributed by atoms with Gasteiger partial charge < -0.3 is 9.30 Å². The largest absolute Gasteiger partial charge is 0.509 e. The van der Waals surface area contributed by atoms with E-state index in [0.29, 0.717) is 20.7 Å². The van der Waals surface area contributed by atoms with Crippen molar-refractivity contribution in [3.05, 3.63) is 199 Å². The van der Waals surface area contributed by atoms with Crippen LogP contribution in [-0.4, -0.2) is 9.55 Å². The van der Waals surface area contributed by atoms with Gasteiger partial charge in [0.15, 0.2) is 12.4 Å². The Morgan fingerprint density at radius 2 is 1.25 bits per heavy atom. The van der Waals surface area contributed by atoms with E-state index in [2.05, 4.69) is 204 Å². The first-order chi connectivity index (χ1) is 28.6. The predicted octanol–water partition coefficient (Wildman–Crippen LogP) is 14.2. The van der Waals surface area contributed by atoms with E-state index in [1.54, 1.807) is 0 Å². The van der Waals surface area contributed by atoms with Crippen LogP contribution in [0.4, 0.5) is 22.7 Å². The molecule has 296 valence electrons. The molecule has 1 saturated heterocycles. The minimum absolute atomic E-state index is 0. The van der Waals surface area contributed by atoms with Crippen LogP contribution in [0, 0.1) is 32.6 Å². The van der Waals surface area contributed by atoms with E-state index in [1.807, 2.05) is 18.3 Å². The maximum absolute atomic E-state index is 6.70. The Labute approximate surface area is 366 Å². The van der Waals surface area contributed by atoms with Crippen LogP contribution in [0.1, 0.15) is 37.5 Å². The Balaban J connectivity index is 0.00000433. The van der Waals surface area contributed by atoms with Crippen LogP contribution >= 0.6 is 0 Å². The number of nitrogens with zero attached hydrogens (tertiary/aromatic N) is 4. The molecule has 2 aliphatic heterocycles. The van der Waals surface area contributed by atoms with Crippen molar-refractivity contribution in [3.63, 3.8) is 0 Å². The monoisotopic (exact) mass is 958 g/mol. The third kappa shape index (κ3) is 5.83. The molecule has 4 heterocycles. The van der Waals surface area contributed by atoms with Gasteiger partial charge in [0, 0.05) is 68.5 Å². The Bertz CT molecular complexity index is 3130. The van der Waals surface area contributed by atoms with Gasteiger partial charge >= 0.3 is 0 Å². The van der Waals surface area contributed by atoms with Crippen LogP contribution in [0.3, 0.4) is 0 Å².